The Labute approximate surface area is 872 Å². The third kappa shape index (κ3) is 31.0. The van der Waals surface area contributed by atoms with Gasteiger partial charge >= 0.3 is 34.3 Å². The van der Waals surface area contributed by atoms with E-state index in [1.54, 1.807) is 77.8 Å². The molecule has 18 rings (SSSR count). The molecule has 0 bridgehead atoms. The van der Waals surface area contributed by atoms with Gasteiger partial charge < -0.3 is 103 Å². The lowest BCUT2D eigenvalue weighted by atomic mass is 9.82. The summed E-state index contributed by atoms with van der Waals surface area (Å²) in [7, 11) is 3.14. The summed E-state index contributed by atoms with van der Waals surface area (Å²) < 4.78 is 64.1. The minimum absolute atomic E-state index is 0.0694. The molecule has 142 heavy (non-hydrogen) atoms. The number of phenols is 2. The van der Waals surface area contributed by atoms with E-state index in [1.807, 2.05) is 166 Å². The van der Waals surface area contributed by atoms with Crippen LogP contribution in [0.3, 0.4) is 0 Å². The molecule has 7 aliphatic heterocycles. The van der Waals surface area contributed by atoms with Crippen molar-refractivity contribution in [3.63, 3.8) is 0 Å². The van der Waals surface area contributed by atoms with Gasteiger partial charge in [-0.15, -0.1) is 70.5 Å². The number of pyridine rings is 3. The van der Waals surface area contributed by atoms with Crippen molar-refractivity contribution in [2.24, 2.45) is 0 Å². The molecule has 754 valence electrons. The average Bonchev–Trinajstić information content (AvgIpc) is 0.757. The third-order valence-corrected chi connectivity index (χ3v) is 23.3. The first-order valence-electron chi connectivity index (χ1n) is 45.9. The van der Waals surface area contributed by atoms with Gasteiger partial charge in [-0.1, -0.05) is 77.8 Å². The summed E-state index contributed by atoms with van der Waals surface area (Å²) in [5.41, 5.74) is 9.04. The number of benzene rings is 8. The molecule has 0 saturated carbocycles. The SMILES string of the molecule is BrB(Br)Br.CC(C)(C)OC(=O)N1CCC(Nc2ccc(Cl)cc2O)CC1.COc1cccc(F)c1[N+](=O)[O-].COc1cccc2c1Oc1cc(-c3cccnc3)ccc1N2C1CCN(C(=O)OC(C)(C)C)CC1.COc1cccc2c1Oc1cc(Cl)ccc1N2C1CCN(C(=O)OC(C)(C)C)CC1.ClCCl.OB(O)c1cccnc1.Oc1cccc2c1Oc1cc(-c3cccnc3)ccc1N2C1CCNCC1. The first-order chi connectivity index (χ1) is 67.8. The normalized spacial score (nSPS) is 14.7. The molecule has 0 atom stereocenters. The molecule has 4 saturated heterocycles. The van der Waals surface area contributed by atoms with Crippen molar-refractivity contribution in [3.05, 3.63) is 245 Å². The summed E-state index contributed by atoms with van der Waals surface area (Å²) in [6, 6.07) is 56.5. The van der Waals surface area contributed by atoms with Gasteiger partial charge in [0, 0.05) is 139 Å². The van der Waals surface area contributed by atoms with Gasteiger partial charge in [0.15, 0.2) is 57.5 Å². The molecular weight excluding hydrogens is 2100 g/mol. The highest BCUT2D eigenvalue weighted by Gasteiger charge is 2.40. The van der Waals surface area contributed by atoms with Crippen LogP contribution >= 0.6 is 93.7 Å². The quantitative estimate of drug-likeness (QED) is 0.0165. The highest BCUT2D eigenvalue weighted by Crippen LogP contribution is 2.57. The maximum absolute atomic E-state index is 12.8. The van der Waals surface area contributed by atoms with E-state index in [4.69, 9.17) is 94.3 Å². The molecule has 6 N–H and O–H groups in total. The number of hydrogen-bond donors (Lipinski definition) is 6. The van der Waals surface area contributed by atoms with E-state index in [2.05, 4.69) is 129 Å². The van der Waals surface area contributed by atoms with Gasteiger partial charge in [-0.05, 0) is 253 Å². The summed E-state index contributed by atoms with van der Waals surface area (Å²) in [4.78, 5) is 71.0. The van der Waals surface area contributed by atoms with Crippen molar-refractivity contribution in [3.8, 4) is 85.5 Å². The number of rotatable bonds is 12. The summed E-state index contributed by atoms with van der Waals surface area (Å²) in [6.07, 6.45) is 16.4. The van der Waals surface area contributed by atoms with Crippen LogP contribution < -0.4 is 59.2 Å². The van der Waals surface area contributed by atoms with Crippen LogP contribution in [-0.2, 0) is 14.2 Å². The molecule has 11 aromatic rings. The van der Waals surface area contributed by atoms with E-state index in [0.717, 1.165) is 138 Å². The van der Waals surface area contributed by atoms with Crippen LogP contribution in [0.5, 0.6) is 63.2 Å². The van der Waals surface area contributed by atoms with Crippen molar-refractivity contribution < 1.29 is 86.6 Å². The van der Waals surface area contributed by atoms with Crippen LogP contribution in [0.2, 0.25) is 10.0 Å². The number of nitro benzene ring substituents is 1. The van der Waals surface area contributed by atoms with Gasteiger partial charge in [-0.3, -0.25) is 25.1 Å². The Morgan fingerprint density at radius 2 is 0.852 bits per heavy atom. The number of amides is 3. The molecule has 3 aromatic heterocycles. The molecule has 0 unspecified atom stereocenters. The lowest BCUT2D eigenvalue weighted by Crippen LogP contribution is -2.47. The van der Waals surface area contributed by atoms with Crippen LogP contribution in [0.25, 0.3) is 22.3 Å². The number of phenolic OH excluding ortho intramolecular Hbond substituents is 2. The molecule has 40 heteroatoms. The number of nitro groups is 1. The largest absolute Gasteiger partial charge is 0.506 e. The molecule has 0 radical (unpaired) electrons. The summed E-state index contributed by atoms with van der Waals surface area (Å²) >= 11 is 30.9. The number of nitrogens with one attached hydrogen (secondary N) is 2. The number of piperidine rings is 4. The van der Waals surface area contributed by atoms with Gasteiger partial charge in [0.2, 0.25) is 5.82 Å². The Kier molecular flexibility index (Phi) is 40.8. The first kappa shape index (κ1) is 111. The molecule has 0 aliphatic carbocycles. The summed E-state index contributed by atoms with van der Waals surface area (Å²) in [5.74, 6) is 4.89. The number of carbonyl (C=O) groups is 3. The molecular formula is C102H116B2Br3Cl4FN12O18. The van der Waals surface area contributed by atoms with E-state index < -0.39 is 40.3 Å². The molecule has 0 spiro atoms. The fraction of sp³-hybridized carbons (Fsp3) is 0.353. The fourth-order valence-corrected chi connectivity index (χ4v) is 16.8. The Balaban J connectivity index is 0.000000167. The number of likely N-dealkylation sites (tertiary alicyclic amines) is 3. The zero-order chi connectivity index (χ0) is 103. The standard InChI is InChI=1S/C28H31N3O4.C23H27ClN2O4.C22H21N3O2.C16H23ClN2O3.C7H6FNO3.C5H6BNO2.CH2Cl2.BBr3/c1-28(2,3)35-27(32)30-15-12-21(13-16-30)31-22-11-10-19(20-7-6-14-29-18-20)17-25(22)34-26-23(31)8-5-9-24(26)33-4;1-23(2,3)30-22(27)25-12-10-16(11-13-25)26-17-9-8-15(24)14-20(17)29-21-18(26)6-5-7-19(21)28-4;26-20-5-1-4-19-22(20)27-21-13-15(16-3-2-10-24-14-16)6-7-18(21)25(19)17-8-11-23-12-9-17;1-16(2,3)22-15(21)19-8-6-12(7-9-19)18-13-5-4-11(17)10-14(13)20;1-12-6-4-2-3-5(8)7(6)9(10)11;8-6(9)5-2-1-3-7-4-5;2-1-3;2-1(3)4/h5-11,14,17-18,21H,12-13,15-16H2,1-4H3;5-9,14,16H,10-13H2,1-4H3;1-7,10,13-14,17,23,26H,8-9,11-12H2;4-5,10,12,18,20H,6-9H2,1-3H3;2-4H,1H3;1-4,8-9H;1H2;. The van der Waals surface area contributed by atoms with Crippen LogP contribution in [0, 0.1) is 15.9 Å². The smallest absolute Gasteiger partial charge is 0.490 e. The van der Waals surface area contributed by atoms with Crippen LogP contribution in [-0.4, -0.2) is 203 Å². The third-order valence-electron chi connectivity index (χ3n) is 22.8. The van der Waals surface area contributed by atoms with Gasteiger partial charge in [-0.25, -0.2) is 14.4 Å². The monoisotopic (exact) mass is 2210 g/mol. The number of ether oxygens (including phenoxy) is 9. The Bertz CT molecular complexity index is 6010. The highest BCUT2D eigenvalue weighted by molar-refractivity contribution is 9.69. The zero-order valence-corrected chi connectivity index (χ0v) is 88.6. The second kappa shape index (κ2) is 52.2. The van der Waals surface area contributed by atoms with Crippen molar-refractivity contribution in [2.45, 2.75) is 155 Å². The van der Waals surface area contributed by atoms with Crippen LogP contribution in [0.1, 0.15) is 114 Å². The maximum Gasteiger partial charge on any atom is 0.490 e. The lowest BCUT2D eigenvalue weighted by Gasteiger charge is -2.42. The van der Waals surface area contributed by atoms with Crippen LogP contribution in [0.15, 0.2) is 219 Å². The number of aromatic hydroxyl groups is 2. The number of alkyl halides is 2. The van der Waals surface area contributed by atoms with Crippen LogP contribution in [0.4, 0.5) is 64.3 Å². The maximum atomic E-state index is 12.8. The Morgan fingerprint density at radius 1 is 0.479 bits per heavy atom. The highest BCUT2D eigenvalue weighted by atomic mass is 79.9. The van der Waals surface area contributed by atoms with E-state index in [0.29, 0.717) is 101 Å². The van der Waals surface area contributed by atoms with E-state index in [-0.39, 0.29) is 62.2 Å². The molecule has 3 amide bonds. The number of hydrogen-bond acceptors (Lipinski definition) is 26. The number of fused-ring (bicyclic) bond motifs is 6. The number of anilines is 7. The van der Waals surface area contributed by atoms with E-state index in [9.17, 15) is 39.1 Å². The van der Waals surface area contributed by atoms with Crippen molar-refractivity contribution in [1.82, 2.24) is 35.0 Å². The van der Waals surface area contributed by atoms with Crippen molar-refractivity contribution in [2.75, 3.05) is 99.0 Å². The fourth-order valence-electron chi connectivity index (χ4n) is 16.5. The zero-order valence-electron chi connectivity index (χ0n) is 80.8. The second-order valence-corrected chi connectivity index (χ2v) is 44.2. The predicted octanol–water partition coefficient (Wildman–Crippen LogP) is 24.8. The molecule has 7 aliphatic rings. The Morgan fingerprint density at radius 3 is 1.24 bits per heavy atom. The minimum atomic E-state index is -1.40. The predicted molar refractivity (Wildman–Crippen MR) is 569 cm³/mol. The first-order valence-corrected chi connectivity index (χ1v) is 50.5. The molecule has 30 nitrogen and oxygen atoms in total. The molecule has 10 heterocycles. The second-order valence-electron chi connectivity index (χ2n) is 36.1. The molecule has 4 fully saturated rings. The number of nitrogens with zero attached hydrogens (tertiary/aromatic N) is 10. The summed E-state index contributed by atoms with van der Waals surface area (Å²) in [5, 5.41) is 55.7. The molecule has 8 aromatic carbocycles. The number of carbonyl (C=O) groups excluding carboxylic acids is 3. The van der Waals surface area contributed by atoms with Crippen molar-refractivity contribution >= 4 is 173 Å². The topological polar surface area (TPSA) is 341 Å². The van der Waals surface area contributed by atoms with E-state index in [1.165, 1.54) is 31.5 Å². The average molecular weight is 2220 g/mol. The number of halogens is 8. The van der Waals surface area contributed by atoms with Gasteiger partial charge in [0.25, 0.3) is 0 Å². The van der Waals surface area contributed by atoms with Gasteiger partial charge in [0.1, 0.15) is 22.6 Å². The van der Waals surface area contributed by atoms with E-state index >= 15 is 0 Å². The van der Waals surface area contributed by atoms with Gasteiger partial charge in [-0.2, -0.15) is 4.39 Å². The Hall–Kier alpha value is -11.4. The van der Waals surface area contributed by atoms with Crippen molar-refractivity contribution in [1.29, 1.82) is 0 Å². The lowest BCUT2D eigenvalue weighted by molar-refractivity contribution is -0.388. The summed E-state index contributed by atoms with van der Waals surface area (Å²) in [6.45, 7) is 22.8. The number of para-hydroxylation sites is 4. The number of methoxy groups -OCH3 is 3. The number of aromatic nitrogens is 3. The van der Waals surface area contributed by atoms with Gasteiger partial charge in [0.05, 0.1) is 71.4 Å². The minimum Gasteiger partial charge on any atom is -0.506 e.